The molecule has 1 saturated carbocycles. The van der Waals surface area contributed by atoms with Gasteiger partial charge in [-0.15, -0.1) is 5.10 Å². The van der Waals surface area contributed by atoms with Crippen molar-refractivity contribution in [1.29, 1.82) is 0 Å². The van der Waals surface area contributed by atoms with Crippen LogP contribution < -0.4 is 11.3 Å². The maximum absolute atomic E-state index is 14.3. The second kappa shape index (κ2) is 10.9. The van der Waals surface area contributed by atoms with E-state index in [9.17, 15) is 22.8 Å². The molecule has 232 valence electrons. The van der Waals surface area contributed by atoms with Crippen LogP contribution in [0.3, 0.4) is 0 Å². The average molecular weight is 682 g/mol. The number of carbonyl (C=O) groups excluding carboxylic acids is 1. The van der Waals surface area contributed by atoms with E-state index in [1.54, 1.807) is 22.2 Å². The van der Waals surface area contributed by atoms with Crippen molar-refractivity contribution >= 4 is 33.3 Å². The standard InChI is InChI=1S/C31H28BrF3N8O2/c1-16-11-22-25(15-41(16)29(44)19-7-10-24(32)23(13-19)31(33,34)35)43-28(20(14-37-43)12-17-3-2-4-17)42(30(22)45)21-8-5-18(6-9-21)26-27(36)39-40-38-26/h5-10,13-14,16-17H,2-4,11-12,15H2,1H3,(H3,36,38,39,40)/t16-/m1/s1. The Morgan fingerprint density at radius 3 is 2.53 bits per heavy atom. The lowest BCUT2D eigenvalue weighted by atomic mass is 9.81. The maximum atomic E-state index is 14.3. The number of carbonyl (C=O) groups is 1. The minimum absolute atomic E-state index is 0.0221. The number of nitrogens with one attached hydrogen (secondary N) is 1. The van der Waals surface area contributed by atoms with E-state index in [4.69, 9.17) is 10.8 Å². The first-order chi connectivity index (χ1) is 21.5. The number of benzene rings is 2. The predicted octanol–water partition coefficient (Wildman–Crippen LogP) is 5.56. The number of alkyl halides is 3. The number of hydrogen-bond donors (Lipinski definition) is 2. The molecule has 0 spiro atoms. The fraction of sp³-hybridized carbons (Fsp3) is 0.323. The van der Waals surface area contributed by atoms with E-state index in [-0.39, 0.29) is 34.4 Å². The Hall–Kier alpha value is -4.46. The van der Waals surface area contributed by atoms with Crippen molar-refractivity contribution in [3.8, 4) is 16.9 Å². The molecule has 1 atom stereocenters. The van der Waals surface area contributed by atoms with Crippen LogP contribution in [-0.2, 0) is 25.6 Å². The molecule has 4 heterocycles. The molecule has 1 aliphatic carbocycles. The molecule has 3 aromatic heterocycles. The highest BCUT2D eigenvalue weighted by molar-refractivity contribution is 9.10. The molecule has 2 aromatic carbocycles. The molecule has 14 heteroatoms. The van der Waals surface area contributed by atoms with Crippen LogP contribution in [0.1, 0.15) is 58.9 Å². The largest absolute Gasteiger partial charge is 0.417 e. The minimum Gasteiger partial charge on any atom is -0.380 e. The van der Waals surface area contributed by atoms with Crippen molar-refractivity contribution in [2.75, 3.05) is 5.73 Å². The molecule has 0 bridgehead atoms. The molecule has 7 rings (SSSR count). The summed E-state index contributed by atoms with van der Waals surface area (Å²) in [4.78, 5) is 29.5. The molecule has 2 aliphatic rings. The van der Waals surface area contributed by atoms with E-state index < -0.39 is 23.7 Å². The number of nitrogen functional groups attached to an aromatic ring is 1. The molecule has 1 aliphatic heterocycles. The van der Waals surface area contributed by atoms with E-state index in [0.29, 0.717) is 34.2 Å². The highest BCUT2D eigenvalue weighted by atomic mass is 79.9. The lowest BCUT2D eigenvalue weighted by Gasteiger charge is -2.35. The Bertz CT molecular complexity index is 2010. The molecule has 1 amide bonds. The number of aromatic amines is 1. The fourth-order valence-electron chi connectivity index (χ4n) is 6.31. The van der Waals surface area contributed by atoms with Gasteiger partial charge < -0.3 is 10.6 Å². The van der Waals surface area contributed by atoms with Crippen LogP contribution in [0.15, 0.2) is 57.9 Å². The summed E-state index contributed by atoms with van der Waals surface area (Å²) < 4.78 is 44.1. The van der Waals surface area contributed by atoms with Gasteiger partial charge >= 0.3 is 6.18 Å². The third kappa shape index (κ3) is 5.00. The van der Waals surface area contributed by atoms with Crippen molar-refractivity contribution in [1.82, 2.24) is 34.5 Å². The van der Waals surface area contributed by atoms with Gasteiger partial charge in [0.05, 0.1) is 29.7 Å². The van der Waals surface area contributed by atoms with Gasteiger partial charge in [0, 0.05) is 32.8 Å². The van der Waals surface area contributed by atoms with Gasteiger partial charge in [0.1, 0.15) is 11.3 Å². The second-order valence-electron chi connectivity index (χ2n) is 11.8. The number of nitrogens with zero attached hydrogens (tertiary/aromatic N) is 6. The molecule has 0 saturated heterocycles. The highest BCUT2D eigenvalue weighted by Gasteiger charge is 2.36. The number of anilines is 1. The predicted molar refractivity (Wildman–Crippen MR) is 164 cm³/mol. The van der Waals surface area contributed by atoms with E-state index in [2.05, 4.69) is 31.3 Å². The molecule has 5 aromatic rings. The van der Waals surface area contributed by atoms with Gasteiger partial charge in [-0.1, -0.05) is 47.3 Å². The summed E-state index contributed by atoms with van der Waals surface area (Å²) in [5.74, 6) is 0.210. The van der Waals surface area contributed by atoms with Gasteiger partial charge in [0.15, 0.2) is 5.82 Å². The van der Waals surface area contributed by atoms with Crippen LogP contribution in [0.4, 0.5) is 19.0 Å². The Balaban J connectivity index is 1.33. The van der Waals surface area contributed by atoms with Crippen molar-refractivity contribution in [3.05, 3.63) is 91.4 Å². The maximum Gasteiger partial charge on any atom is 0.417 e. The zero-order chi connectivity index (χ0) is 31.6. The van der Waals surface area contributed by atoms with Gasteiger partial charge in [0.25, 0.3) is 11.5 Å². The molecular weight excluding hydrogens is 653 g/mol. The topological polar surface area (TPSA) is 127 Å². The summed E-state index contributed by atoms with van der Waals surface area (Å²) in [6.07, 6.45) is 1.50. The molecule has 0 unspecified atom stereocenters. The number of fused-ring (bicyclic) bond motifs is 3. The summed E-state index contributed by atoms with van der Waals surface area (Å²) in [5, 5.41) is 15.2. The molecule has 1 fully saturated rings. The lowest BCUT2D eigenvalue weighted by molar-refractivity contribution is -0.138. The first-order valence-corrected chi connectivity index (χ1v) is 15.4. The summed E-state index contributed by atoms with van der Waals surface area (Å²) in [6, 6.07) is 10.3. The number of hydrogen-bond acceptors (Lipinski definition) is 6. The van der Waals surface area contributed by atoms with Crippen molar-refractivity contribution < 1.29 is 18.0 Å². The number of halogens is 4. The zero-order valence-electron chi connectivity index (χ0n) is 24.1. The third-order valence-corrected chi connectivity index (χ3v) is 9.62. The van der Waals surface area contributed by atoms with Crippen molar-refractivity contribution in [3.63, 3.8) is 0 Å². The van der Waals surface area contributed by atoms with Gasteiger partial charge in [-0.25, -0.2) is 4.52 Å². The number of rotatable bonds is 5. The monoisotopic (exact) mass is 680 g/mol. The van der Waals surface area contributed by atoms with Crippen LogP contribution >= 0.6 is 15.9 Å². The third-order valence-electron chi connectivity index (χ3n) is 8.93. The van der Waals surface area contributed by atoms with Crippen LogP contribution in [0.2, 0.25) is 0 Å². The van der Waals surface area contributed by atoms with Gasteiger partial charge in [-0.3, -0.25) is 14.2 Å². The SMILES string of the molecule is C[C@@H]1Cc2c(n3ncc(CC4CCC4)c3n(-c3ccc(-c4n[nH]nc4N)cc3)c2=O)CN1C(=O)c1ccc(Br)c(C(F)(F)F)c1. The second-order valence-corrected chi connectivity index (χ2v) is 12.6. The summed E-state index contributed by atoms with van der Waals surface area (Å²) in [5.41, 5.74) is 9.18. The molecule has 10 nitrogen and oxygen atoms in total. The molecular formula is C31H28BrF3N8O2. The first kappa shape index (κ1) is 29.3. The fourth-order valence-corrected chi connectivity index (χ4v) is 6.78. The number of nitrogens with two attached hydrogens (primary N) is 1. The van der Waals surface area contributed by atoms with E-state index in [1.807, 2.05) is 24.3 Å². The number of amides is 1. The van der Waals surface area contributed by atoms with E-state index >= 15 is 0 Å². The van der Waals surface area contributed by atoms with Gasteiger partial charge in [-0.05, 0) is 56.0 Å². The average Bonchev–Trinajstić information content (AvgIpc) is 3.61. The summed E-state index contributed by atoms with van der Waals surface area (Å²) >= 11 is 2.94. The number of H-pyrrole nitrogens is 1. The Morgan fingerprint density at radius 2 is 1.89 bits per heavy atom. The molecule has 45 heavy (non-hydrogen) atoms. The van der Waals surface area contributed by atoms with Crippen LogP contribution in [0, 0.1) is 5.92 Å². The Kier molecular flexibility index (Phi) is 7.06. The number of aromatic nitrogens is 6. The zero-order valence-corrected chi connectivity index (χ0v) is 25.7. The molecule has 0 radical (unpaired) electrons. The quantitative estimate of drug-likeness (QED) is 0.250. The lowest BCUT2D eigenvalue weighted by Crippen LogP contribution is -2.46. The van der Waals surface area contributed by atoms with Gasteiger partial charge in [-0.2, -0.15) is 28.6 Å². The van der Waals surface area contributed by atoms with Crippen molar-refractivity contribution in [2.24, 2.45) is 5.92 Å². The minimum atomic E-state index is -4.63. The van der Waals surface area contributed by atoms with E-state index in [0.717, 1.165) is 36.5 Å². The molecule has 3 N–H and O–H groups in total. The Morgan fingerprint density at radius 1 is 1.13 bits per heavy atom. The smallest absolute Gasteiger partial charge is 0.380 e. The van der Waals surface area contributed by atoms with Crippen LogP contribution in [0.5, 0.6) is 0 Å². The summed E-state index contributed by atoms with van der Waals surface area (Å²) in [7, 11) is 0. The van der Waals surface area contributed by atoms with Crippen LogP contribution in [-0.4, -0.2) is 46.4 Å². The Labute approximate surface area is 263 Å². The first-order valence-electron chi connectivity index (χ1n) is 14.6. The summed E-state index contributed by atoms with van der Waals surface area (Å²) in [6.45, 7) is 1.81. The normalized spacial score (nSPS) is 17.0. The van der Waals surface area contributed by atoms with Gasteiger partial charge in [0.2, 0.25) is 0 Å². The van der Waals surface area contributed by atoms with E-state index in [1.165, 1.54) is 23.5 Å². The highest BCUT2D eigenvalue weighted by Crippen LogP contribution is 2.37. The van der Waals surface area contributed by atoms with Crippen LogP contribution in [0.25, 0.3) is 22.6 Å². The van der Waals surface area contributed by atoms with Crippen molar-refractivity contribution in [2.45, 2.75) is 57.8 Å².